The van der Waals surface area contributed by atoms with Crippen molar-refractivity contribution in [3.05, 3.63) is 287 Å². The summed E-state index contributed by atoms with van der Waals surface area (Å²) in [6.45, 7) is 23.2. The third kappa shape index (κ3) is 8.97. The van der Waals surface area contributed by atoms with E-state index in [0.29, 0.717) is 12.0 Å². The summed E-state index contributed by atoms with van der Waals surface area (Å²) in [4.78, 5) is 12.5. The Morgan fingerprint density at radius 3 is 0.824 bits per heavy atom. The number of carbonyl (C=O) groups excluding carboxylic acids is 1. The molecule has 6 saturated carbocycles. The number of hydrogen-bond donors (Lipinski definition) is 0. The molecule has 0 aliphatic heterocycles. The molecular formula is C107H106O. The number of hydrogen-bond acceptors (Lipinski definition) is 1. The molecule has 6 fully saturated rings. The van der Waals surface area contributed by atoms with E-state index in [4.69, 9.17) is 0 Å². The Hall–Kier alpha value is -9.17. The zero-order valence-electron chi connectivity index (χ0n) is 65.4. The molecule has 540 valence electrons. The molecule has 0 saturated heterocycles. The summed E-state index contributed by atoms with van der Waals surface area (Å²) in [7, 11) is 0. The highest BCUT2D eigenvalue weighted by Gasteiger charge is 2.75. The summed E-state index contributed by atoms with van der Waals surface area (Å²) in [5.41, 5.74) is 40.6. The monoisotopic (exact) mass is 1410 g/mol. The van der Waals surface area contributed by atoms with Gasteiger partial charge in [0.2, 0.25) is 0 Å². The maximum Gasteiger partial charge on any atom is 0.162 e. The highest BCUT2D eigenvalue weighted by Crippen LogP contribution is 2.83. The second-order valence-corrected chi connectivity index (χ2v) is 36.6. The molecule has 9 aliphatic rings. The third-order valence-corrected chi connectivity index (χ3v) is 32.3. The summed E-state index contributed by atoms with van der Waals surface area (Å²) in [5, 5.41) is 0. The van der Waals surface area contributed by atoms with Crippen molar-refractivity contribution in [1.29, 1.82) is 0 Å². The highest BCUT2D eigenvalue weighted by molar-refractivity contribution is 5.96. The van der Waals surface area contributed by atoms with Crippen molar-refractivity contribution in [2.24, 2.45) is 32.5 Å². The summed E-state index contributed by atoms with van der Waals surface area (Å²) >= 11 is 0. The normalized spacial score (nSPS) is 28.0. The summed E-state index contributed by atoms with van der Waals surface area (Å²) in [6.07, 6.45) is 26.1. The van der Waals surface area contributed by atoms with Gasteiger partial charge in [-0.05, 0) is 341 Å². The fourth-order valence-corrected chi connectivity index (χ4v) is 27.6. The Labute approximate surface area is 643 Å². The molecule has 1 heteroatoms. The van der Waals surface area contributed by atoms with E-state index in [1.54, 1.807) is 40.3 Å². The van der Waals surface area contributed by atoms with E-state index >= 15 is 0 Å². The van der Waals surface area contributed by atoms with E-state index in [1.807, 2.05) is 0 Å². The molecule has 0 amide bonds. The molecule has 11 aromatic carbocycles. The zero-order chi connectivity index (χ0) is 73.5. The molecule has 9 aliphatic carbocycles. The minimum absolute atomic E-state index is 0.0170. The van der Waals surface area contributed by atoms with Crippen molar-refractivity contribution >= 4 is 5.78 Å². The van der Waals surface area contributed by atoms with Crippen LogP contribution in [0.4, 0.5) is 0 Å². The van der Waals surface area contributed by atoms with E-state index in [1.165, 1.54) is 240 Å². The van der Waals surface area contributed by atoms with Crippen LogP contribution in [0.15, 0.2) is 243 Å². The van der Waals surface area contributed by atoms with Crippen LogP contribution < -0.4 is 0 Å². The maximum atomic E-state index is 12.5. The van der Waals surface area contributed by atoms with Crippen molar-refractivity contribution in [1.82, 2.24) is 0 Å². The van der Waals surface area contributed by atoms with Gasteiger partial charge in [-0.2, -0.15) is 0 Å². The van der Waals surface area contributed by atoms with Gasteiger partial charge in [-0.3, -0.25) is 4.79 Å². The van der Waals surface area contributed by atoms with Crippen molar-refractivity contribution < 1.29 is 4.79 Å². The number of benzene rings is 11. The second kappa shape index (κ2) is 24.4. The van der Waals surface area contributed by atoms with Gasteiger partial charge in [-0.15, -0.1) is 0 Å². The first-order valence-electron chi connectivity index (χ1n) is 42.0. The number of Topliss-reactive ketones (excluding diaryl/α,β-unsaturated/α-hetero) is 1. The van der Waals surface area contributed by atoms with Crippen LogP contribution in [0.3, 0.4) is 0 Å². The van der Waals surface area contributed by atoms with Crippen molar-refractivity contribution in [3.8, 4) is 111 Å². The Bertz CT molecular complexity index is 5410. The van der Waals surface area contributed by atoms with E-state index < -0.39 is 0 Å². The maximum absolute atomic E-state index is 12.5. The van der Waals surface area contributed by atoms with Gasteiger partial charge >= 0.3 is 0 Å². The van der Waals surface area contributed by atoms with Crippen LogP contribution in [-0.4, -0.2) is 5.78 Å². The summed E-state index contributed by atoms with van der Waals surface area (Å²) < 4.78 is 0. The predicted molar refractivity (Wildman–Crippen MR) is 452 cm³/mol. The number of fused-ring (bicyclic) bond motifs is 9. The number of aryl methyl sites for hydroxylation is 1. The van der Waals surface area contributed by atoms with Crippen LogP contribution in [-0.2, 0) is 27.5 Å². The van der Waals surface area contributed by atoms with Crippen LogP contribution in [0, 0.1) is 39.4 Å². The molecule has 108 heavy (non-hydrogen) atoms. The lowest BCUT2D eigenvalue weighted by Crippen LogP contribution is -2.62. The SMILES string of the molecule is C=C(C)C(=O)Cc1ccc(-c2ccc(-c3ccc4c(c3)C3(c5cc(-c6ccc7c(c6)C6(c8cc(-c9ccc(-c%10ccc(-c%11ccc%12c(c%11)C%11(c%13cc(-c%14ccc(C)cc%14)ccc%13-%12)C%12(CCC)CCCC%11(CCC)CCC%12)cc%10)cc9)ccc8-7)C7(CC)CCC6(CC)CC7)ccc5-4)C4(C)CCC3(C)CC4)cc2)cc1. The van der Waals surface area contributed by atoms with E-state index in [0.717, 1.165) is 11.1 Å². The van der Waals surface area contributed by atoms with Crippen molar-refractivity contribution in [3.63, 3.8) is 0 Å². The molecule has 0 unspecified atom stereocenters. The molecule has 0 aromatic heterocycles. The molecule has 3 spiro atoms. The molecule has 6 bridgehead atoms. The Kier molecular flexibility index (Phi) is 15.4. The molecular weight excluding hydrogens is 1300 g/mol. The molecule has 1 nitrogen and oxygen atoms in total. The number of allylic oxidation sites excluding steroid dienone is 1. The lowest BCUT2D eigenvalue weighted by Gasteiger charge is -2.67. The van der Waals surface area contributed by atoms with Gasteiger partial charge in [0.15, 0.2) is 5.78 Å². The van der Waals surface area contributed by atoms with Crippen LogP contribution >= 0.6 is 0 Å². The summed E-state index contributed by atoms with van der Waals surface area (Å²) in [6, 6.07) is 92.3. The number of ketones is 1. The van der Waals surface area contributed by atoms with Crippen molar-refractivity contribution in [2.45, 2.75) is 206 Å². The lowest BCUT2D eigenvalue weighted by atomic mass is 9.36. The molecule has 0 atom stereocenters. The van der Waals surface area contributed by atoms with Gasteiger partial charge in [-0.25, -0.2) is 0 Å². The molecule has 0 N–H and O–H groups in total. The van der Waals surface area contributed by atoms with E-state index in [2.05, 4.69) is 286 Å². The largest absolute Gasteiger partial charge is 0.294 e. The smallest absolute Gasteiger partial charge is 0.162 e. The van der Waals surface area contributed by atoms with Crippen LogP contribution in [0.1, 0.15) is 221 Å². The lowest BCUT2D eigenvalue weighted by molar-refractivity contribution is -0.114. The quantitative estimate of drug-likeness (QED) is 0.0881. The predicted octanol–water partition coefficient (Wildman–Crippen LogP) is 29.1. The molecule has 11 aromatic rings. The molecule has 0 heterocycles. The Morgan fingerprint density at radius 2 is 0.546 bits per heavy atom. The second-order valence-electron chi connectivity index (χ2n) is 36.6. The molecule has 0 radical (unpaired) electrons. The first-order valence-corrected chi connectivity index (χ1v) is 42.0. The first-order chi connectivity index (χ1) is 52.5. The summed E-state index contributed by atoms with van der Waals surface area (Å²) in [5.74, 6) is 0.0930. The molecule has 20 rings (SSSR count). The Balaban J connectivity index is 0.619. The van der Waals surface area contributed by atoms with Gasteiger partial charge in [0.25, 0.3) is 0 Å². The fourth-order valence-electron chi connectivity index (χ4n) is 27.6. The van der Waals surface area contributed by atoms with Crippen LogP contribution in [0.2, 0.25) is 0 Å². The van der Waals surface area contributed by atoms with Gasteiger partial charge in [-0.1, -0.05) is 273 Å². The minimum atomic E-state index is -0.0824. The Morgan fingerprint density at radius 1 is 0.306 bits per heavy atom. The first kappa shape index (κ1) is 68.1. The van der Waals surface area contributed by atoms with Crippen molar-refractivity contribution in [2.75, 3.05) is 0 Å². The van der Waals surface area contributed by atoms with Crippen LogP contribution in [0.5, 0.6) is 0 Å². The highest BCUT2D eigenvalue weighted by atomic mass is 16.1. The third-order valence-electron chi connectivity index (χ3n) is 32.3. The standard InChI is InChI=1S/C107H106O/c1-10-48-103-50-14-52-104(49-11-2,53-15-51-103)107(103)96-65-81(76-20-16-70(7)17-21-76)37-44-90(96)91-45-39-83(66-97(91)107)79-34-28-75(29-35-79)74-26-32-78(33-27-74)82-38-43-88-89-47-41-85(68-95(89)106(94(88)64-82)101(12-3)58-60-102(106,13-4)61-59-101)84-40-46-87-86-42-36-80(63-92(86)105(93(87)67-84)99(8)54-56-100(105,9)57-55-99)77-30-24-73(25-31-77)72-22-18-71(19-23-72)62-98(108)69(5)6/h16-47,63-68H,5,10-15,48-62H2,1-4,6-9H3. The average molecular weight is 1410 g/mol. The van der Waals surface area contributed by atoms with Gasteiger partial charge in [0.05, 0.1) is 0 Å². The number of carbonyl (C=O) groups is 1. The van der Waals surface area contributed by atoms with Gasteiger partial charge in [0.1, 0.15) is 0 Å². The topological polar surface area (TPSA) is 17.1 Å². The van der Waals surface area contributed by atoms with E-state index in [-0.39, 0.29) is 54.5 Å². The average Bonchev–Trinajstić information content (AvgIpc) is 1.46. The zero-order valence-corrected chi connectivity index (χ0v) is 65.4. The fraction of sp³-hybridized carbons (Fsp3) is 0.355. The number of rotatable bonds is 16. The van der Waals surface area contributed by atoms with Crippen LogP contribution in [0.25, 0.3) is 111 Å². The minimum Gasteiger partial charge on any atom is -0.294 e. The van der Waals surface area contributed by atoms with Gasteiger partial charge in [0, 0.05) is 22.7 Å². The van der Waals surface area contributed by atoms with Gasteiger partial charge < -0.3 is 0 Å². The van der Waals surface area contributed by atoms with E-state index in [9.17, 15) is 4.79 Å².